The average Bonchev–Trinajstić information content (AvgIpc) is 3.66. The molecule has 3 nitrogen and oxygen atoms in total. The number of rotatable bonds is 7. The van der Waals surface area contributed by atoms with E-state index >= 15 is 0 Å². The third kappa shape index (κ3) is 6.29. The van der Waals surface area contributed by atoms with Crippen LogP contribution >= 0.6 is 0 Å². The van der Waals surface area contributed by atoms with Gasteiger partial charge in [0, 0.05) is 16.7 Å². The molecule has 8 aromatic carbocycles. The Hall–Kier alpha value is -7.23. The van der Waals surface area contributed by atoms with E-state index in [-0.39, 0.29) is 0 Å². The minimum Gasteiger partial charge on any atom is -0.208 e. The van der Waals surface area contributed by atoms with E-state index in [1.54, 1.807) is 0 Å². The maximum atomic E-state index is 5.05. The van der Waals surface area contributed by atoms with Gasteiger partial charge in [0.05, 0.1) is 0 Å². The van der Waals surface area contributed by atoms with Crippen molar-refractivity contribution >= 4 is 0 Å². The molecule has 0 radical (unpaired) electrons. The molecule has 0 saturated carbocycles. The number of hydrogen-bond donors (Lipinski definition) is 0. The second kappa shape index (κ2) is 14.2. The van der Waals surface area contributed by atoms with Crippen molar-refractivity contribution in [3.05, 3.63) is 211 Å². The number of nitrogens with zero attached hydrogens (tertiary/aromatic N) is 3. The van der Waals surface area contributed by atoms with Crippen LogP contribution in [0, 0.1) is 6.92 Å². The molecule has 0 amide bonds. The normalized spacial score (nSPS) is 11.6. The monoisotopic (exact) mass is 715 g/mol. The van der Waals surface area contributed by atoms with Crippen LogP contribution in [0.15, 0.2) is 194 Å². The van der Waals surface area contributed by atoms with Crippen molar-refractivity contribution in [1.82, 2.24) is 15.0 Å². The zero-order chi connectivity index (χ0) is 37.4. The SMILES string of the molecule is Cc1cccc(-c2nc(-c3ccccc3)nc(-c3cccc(-c4cccc5c4Cc4c(-c6cccc(-c7ccc(-c8ccccc8)cc7)c6)cccc4-5)c3)n2)c1. The minimum atomic E-state index is 0.657. The molecule has 0 fully saturated rings. The summed E-state index contributed by atoms with van der Waals surface area (Å²) in [7, 11) is 0. The van der Waals surface area contributed by atoms with E-state index in [4.69, 9.17) is 15.0 Å². The van der Waals surface area contributed by atoms with Crippen molar-refractivity contribution in [3.8, 4) is 89.8 Å². The Bertz CT molecular complexity index is 2880. The molecule has 10 rings (SSSR count). The van der Waals surface area contributed by atoms with Gasteiger partial charge in [0.2, 0.25) is 0 Å². The largest absolute Gasteiger partial charge is 0.208 e. The highest BCUT2D eigenvalue weighted by atomic mass is 15.0. The van der Waals surface area contributed by atoms with Crippen LogP contribution in [0.5, 0.6) is 0 Å². The van der Waals surface area contributed by atoms with Gasteiger partial charge in [0.1, 0.15) is 0 Å². The summed E-state index contributed by atoms with van der Waals surface area (Å²) in [6, 6.07) is 69.1. The molecule has 0 atom stereocenters. The van der Waals surface area contributed by atoms with Crippen LogP contribution in [-0.4, -0.2) is 15.0 Å². The third-order valence-corrected chi connectivity index (χ3v) is 10.9. The van der Waals surface area contributed by atoms with Crippen LogP contribution in [0.2, 0.25) is 0 Å². The van der Waals surface area contributed by atoms with Crippen molar-refractivity contribution in [2.45, 2.75) is 13.3 Å². The van der Waals surface area contributed by atoms with Gasteiger partial charge in [0.25, 0.3) is 0 Å². The van der Waals surface area contributed by atoms with Crippen molar-refractivity contribution in [2.24, 2.45) is 0 Å². The highest BCUT2D eigenvalue weighted by molar-refractivity contribution is 5.90. The summed E-state index contributed by atoms with van der Waals surface area (Å²) in [4.78, 5) is 15.0. The van der Waals surface area contributed by atoms with Gasteiger partial charge < -0.3 is 0 Å². The maximum absolute atomic E-state index is 5.05. The second-order valence-corrected chi connectivity index (χ2v) is 14.5. The molecule has 0 saturated heterocycles. The van der Waals surface area contributed by atoms with Gasteiger partial charge in [-0.05, 0) is 98.3 Å². The van der Waals surface area contributed by atoms with Crippen molar-refractivity contribution < 1.29 is 0 Å². The first-order valence-corrected chi connectivity index (χ1v) is 19.1. The third-order valence-electron chi connectivity index (χ3n) is 10.9. The van der Waals surface area contributed by atoms with Gasteiger partial charge >= 0.3 is 0 Å². The zero-order valence-corrected chi connectivity index (χ0v) is 31.0. The van der Waals surface area contributed by atoms with Crippen molar-refractivity contribution in [3.63, 3.8) is 0 Å². The molecule has 264 valence electrons. The van der Waals surface area contributed by atoms with E-state index in [1.165, 1.54) is 61.2 Å². The molecule has 1 heterocycles. The second-order valence-electron chi connectivity index (χ2n) is 14.5. The Balaban J connectivity index is 0.999. The highest BCUT2D eigenvalue weighted by Crippen LogP contribution is 2.46. The van der Waals surface area contributed by atoms with E-state index < -0.39 is 0 Å². The molecular formula is C53H37N3. The molecule has 0 bridgehead atoms. The predicted octanol–water partition coefficient (Wildman–Crippen LogP) is 13.4. The lowest BCUT2D eigenvalue weighted by molar-refractivity contribution is 1.07. The topological polar surface area (TPSA) is 38.7 Å². The van der Waals surface area contributed by atoms with Crippen LogP contribution in [-0.2, 0) is 6.42 Å². The van der Waals surface area contributed by atoms with Gasteiger partial charge in [0.15, 0.2) is 17.5 Å². The average molecular weight is 716 g/mol. The molecular weight excluding hydrogens is 679 g/mol. The smallest absolute Gasteiger partial charge is 0.164 e. The summed E-state index contributed by atoms with van der Waals surface area (Å²) in [6.45, 7) is 2.09. The molecule has 3 heteroatoms. The van der Waals surface area contributed by atoms with Gasteiger partial charge in [-0.25, -0.2) is 15.0 Å². The van der Waals surface area contributed by atoms with Crippen molar-refractivity contribution in [1.29, 1.82) is 0 Å². The molecule has 56 heavy (non-hydrogen) atoms. The molecule has 1 aliphatic carbocycles. The fraction of sp³-hybridized carbons (Fsp3) is 0.0377. The highest BCUT2D eigenvalue weighted by Gasteiger charge is 2.25. The van der Waals surface area contributed by atoms with Crippen LogP contribution in [0.4, 0.5) is 0 Å². The summed E-state index contributed by atoms with van der Waals surface area (Å²) in [6.07, 6.45) is 0.860. The van der Waals surface area contributed by atoms with Crippen LogP contribution in [0.1, 0.15) is 16.7 Å². The molecule has 1 aromatic heterocycles. The van der Waals surface area contributed by atoms with Crippen molar-refractivity contribution in [2.75, 3.05) is 0 Å². The summed E-state index contributed by atoms with van der Waals surface area (Å²) in [5.74, 6) is 1.99. The van der Waals surface area contributed by atoms with E-state index in [0.717, 1.165) is 34.2 Å². The van der Waals surface area contributed by atoms with E-state index in [0.29, 0.717) is 17.5 Å². The lowest BCUT2D eigenvalue weighted by Gasteiger charge is -2.12. The zero-order valence-electron chi connectivity index (χ0n) is 31.0. The summed E-state index contributed by atoms with van der Waals surface area (Å²) in [5.41, 5.74) is 19.2. The quantitative estimate of drug-likeness (QED) is 0.165. The Morgan fingerprint density at radius 3 is 1.23 bits per heavy atom. The first kappa shape index (κ1) is 33.3. The molecule has 0 unspecified atom stereocenters. The summed E-state index contributed by atoms with van der Waals surface area (Å²) < 4.78 is 0. The Morgan fingerprint density at radius 1 is 0.286 bits per heavy atom. The van der Waals surface area contributed by atoms with Gasteiger partial charge in [-0.2, -0.15) is 0 Å². The molecule has 0 spiro atoms. The van der Waals surface area contributed by atoms with E-state index in [2.05, 4.69) is 171 Å². The molecule has 9 aromatic rings. The van der Waals surface area contributed by atoms with Crippen LogP contribution in [0.3, 0.4) is 0 Å². The van der Waals surface area contributed by atoms with Gasteiger partial charge in [-0.3, -0.25) is 0 Å². The summed E-state index contributed by atoms with van der Waals surface area (Å²) >= 11 is 0. The van der Waals surface area contributed by atoms with E-state index in [1.807, 2.05) is 30.3 Å². The number of aryl methyl sites for hydroxylation is 1. The Kier molecular flexibility index (Phi) is 8.46. The molecule has 1 aliphatic rings. The standard InChI is InChI=1S/C53H37N3/c1-35-13-8-21-43(31-35)52-54-51(39-16-6-3-7-17-39)55-53(56-52)44-22-10-20-42(33-44)46-24-12-26-48-47-25-11-23-45(49(47)34-50(46)48)41-19-9-18-40(32-41)38-29-27-37(28-30-38)36-14-4-2-5-15-36/h2-33H,34H2,1H3. The fourth-order valence-corrected chi connectivity index (χ4v) is 8.09. The van der Waals surface area contributed by atoms with E-state index in [9.17, 15) is 0 Å². The Morgan fingerprint density at radius 2 is 0.661 bits per heavy atom. The lowest BCUT2D eigenvalue weighted by Crippen LogP contribution is -2.00. The minimum absolute atomic E-state index is 0.657. The maximum Gasteiger partial charge on any atom is 0.164 e. The Labute approximate surface area is 327 Å². The lowest BCUT2D eigenvalue weighted by atomic mass is 9.93. The van der Waals surface area contributed by atoms with Gasteiger partial charge in [-0.15, -0.1) is 0 Å². The number of benzene rings is 8. The number of aromatic nitrogens is 3. The van der Waals surface area contributed by atoms with Crippen LogP contribution < -0.4 is 0 Å². The number of fused-ring (bicyclic) bond motifs is 3. The molecule has 0 N–H and O–H groups in total. The van der Waals surface area contributed by atoms with Gasteiger partial charge in [-0.1, -0.05) is 181 Å². The number of hydrogen-bond acceptors (Lipinski definition) is 3. The van der Waals surface area contributed by atoms with Crippen LogP contribution in [0.25, 0.3) is 89.8 Å². The summed E-state index contributed by atoms with van der Waals surface area (Å²) in [5, 5.41) is 0. The first-order chi connectivity index (χ1) is 27.6. The predicted molar refractivity (Wildman–Crippen MR) is 231 cm³/mol. The fourth-order valence-electron chi connectivity index (χ4n) is 8.09. The molecule has 0 aliphatic heterocycles. The first-order valence-electron chi connectivity index (χ1n) is 19.1.